The molecule has 3 heteroatoms. The fourth-order valence-corrected chi connectivity index (χ4v) is 2.63. The second kappa shape index (κ2) is 5.00. The van der Waals surface area contributed by atoms with Crippen LogP contribution in [0.15, 0.2) is 10.6 Å². The molecule has 0 amide bonds. The number of rotatable bonds is 4. The van der Waals surface area contributed by atoms with Crippen LogP contribution < -0.4 is 5.32 Å². The Hall–Kier alpha value is -0.830. The van der Waals surface area contributed by atoms with Crippen LogP contribution in [0.1, 0.15) is 63.6 Å². The van der Waals surface area contributed by atoms with E-state index in [0.29, 0.717) is 5.92 Å². The van der Waals surface area contributed by atoms with E-state index in [1.807, 2.05) is 6.20 Å². The molecule has 0 spiro atoms. The fraction of sp³-hybridized carbons (Fsp3) is 0.769. The summed E-state index contributed by atoms with van der Waals surface area (Å²) < 4.78 is 5.88. The topological polar surface area (TPSA) is 38.1 Å². The van der Waals surface area contributed by atoms with Crippen molar-refractivity contribution in [3.8, 4) is 0 Å². The van der Waals surface area contributed by atoms with Gasteiger partial charge in [-0.15, -0.1) is 0 Å². The molecule has 16 heavy (non-hydrogen) atoms. The molecule has 1 aromatic rings. The van der Waals surface area contributed by atoms with Crippen molar-refractivity contribution in [2.45, 2.75) is 52.0 Å². The smallest absolute Gasteiger partial charge is 0.211 e. The van der Waals surface area contributed by atoms with Gasteiger partial charge < -0.3 is 9.73 Å². The van der Waals surface area contributed by atoms with Gasteiger partial charge in [0, 0.05) is 5.92 Å². The third kappa shape index (κ3) is 2.29. The maximum absolute atomic E-state index is 5.88. The first kappa shape index (κ1) is 11.6. The highest BCUT2D eigenvalue weighted by Crippen LogP contribution is 2.39. The van der Waals surface area contributed by atoms with Crippen molar-refractivity contribution in [3.63, 3.8) is 0 Å². The van der Waals surface area contributed by atoms with E-state index in [-0.39, 0.29) is 6.04 Å². The molecule has 1 fully saturated rings. The fourth-order valence-electron chi connectivity index (χ4n) is 2.63. The van der Waals surface area contributed by atoms with Crippen LogP contribution in [0.3, 0.4) is 0 Å². The molecule has 1 aromatic heterocycles. The lowest BCUT2D eigenvalue weighted by Crippen LogP contribution is -2.17. The molecule has 1 aliphatic carbocycles. The van der Waals surface area contributed by atoms with Gasteiger partial charge >= 0.3 is 0 Å². The van der Waals surface area contributed by atoms with E-state index in [9.17, 15) is 0 Å². The van der Waals surface area contributed by atoms with Gasteiger partial charge in [0.05, 0.1) is 12.2 Å². The summed E-state index contributed by atoms with van der Waals surface area (Å²) in [5, 5.41) is 3.32. The monoisotopic (exact) mass is 222 g/mol. The van der Waals surface area contributed by atoms with E-state index >= 15 is 0 Å². The number of aromatic nitrogens is 1. The van der Waals surface area contributed by atoms with Gasteiger partial charge in [0.2, 0.25) is 5.89 Å². The minimum Gasteiger partial charge on any atom is -0.444 e. The molecule has 0 saturated heterocycles. The third-order valence-corrected chi connectivity index (χ3v) is 3.65. The molecular weight excluding hydrogens is 200 g/mol. The second-order valence-electron chi connectivity index (χ2n) is 4.89. The third-order valence-electron chi connectivity index (χ3n) is 3.65. The number of nitrogens with zero attached hydrogens (tertiary/aromatic N) is 1. The Morgan fingerprint density at radius 3 is 3.00 bits per heavy atom. The van der Waals surface area contributed by atoms with E-state index < -0.39 is 0 Å². The molecule has 3 unspecified atom stereocenters. The number of nitrogens with one attached hydrogen (secondary N) is 1. The summed E-state index contributed by atoms with van der Waals surface area (Å²) in [6.07, 6.45) is 5.83. The summed E-state index contributed by atoms with van der Waals surface area (Å²) in [5.74, 6) is 3.26. The zero-order chi connectivity index (χ0) is 11.5. The SMILES string of the molecule is CCNC(C)c1ncc(C2CCCC2C)o1. The van der Waals surface area contributed by atoms with Crippen LogP contribution in [0, 0.1) is 5.92 Å². The Balaban J connectivity index is 2.06. The molecule has 3 atom stereocenters. The summed E-state index contributed by atoms with van der Waals surface area (Å²) in [6.45, 7) is 7.45. The zero-order valence-electron chi connectivity index (χ0n) is 10.5. The van der Waals surface area contributed by atoms with Gasteiger partial charge in [-0.3, -0.25) is 0 Å². The number of hydrogen-bond donors (Lipinski definition) is 1. The average Bonchev–Trinajstić information content (AvgIpc) is 2.86. The predicted octanol–water partition coefficient (Wildman–Crippen LogP) is 3.25. The van der Waals surface area contributed by atoms with E-state index in [2.05, 4.69) is 31.1 Å². The number of oxazole rings is 1. The Morgan fingerprint density at radius 2 is 2.38 bits per heavy atom. The first-order valence-corrected chi connectivity index (χ1v) is 6.41. The molecule has 1 heterocycles. The van der Waals surface area contributed by atoms with Crippen LogP contribution in [0.5, 0.6) is 0 Å². The van der Waals surface area contributed by atoms with Gasteiger partial charge in [0.1, 0.15) is 5.76 Å². The van der Waals surface area contributed by atoms with Crippen molar-refractivity contribution in [1.29, 1.82) is 0 Å². The highest BCUT2D eigenvalue weighted by Gasteiger charge is 2.28. The number of hydrogen-bond acceptors (Lipinski definition) is 3. The lowest BCUT2D eigenvalue weighted by molar-refractivity contribution is 0.360. The van der Waals surface area contributed by atoms with Crippen LogP contribution in [-0.4, -0.2) is 11.5 Å². The van der Waals surface area contributed by atoms with Crippen LogP contribution in [-0.2, 0) is 0 Å². The lowest BCUT2D eigenvalue weighted by atomic mass is 9.96. The van der Waals surface area contributed by atoms with Crippen molar-refractivity contribution >= 4 is 0 Å². The van der Waals surface area contributed by atoms with Crippen LogP contribution in [0.2, 0.25) is 0 Å². The Labute approximate surface area is 97.6 Å². The first-order chi connectivity index (χ1) is 7.72. The summed E-state index contributed by atoms with van der Waals surface area (Å²) >= 11 is 0. The molecule has 1 aliphatic rings. The normalized spacial score (nSPS) is 27.2. The quantitative estimate of drug-likeness (QED) is 0.849. The minimum atomic E-state index is 0.218. The highest BCUT2D eigenvalue weighted by atomic mass is 16.4. The second-order valence-corrected chi connectivity index (χ2v) is 4.89. The van der Waals surface area contributed by atoms with Gasteiger partial charge in [-0.25, -0.2) is 4.98 Å². The molecular formula is C13H22N2O. The standard InChI is InChI=1S/C13H22N2O/c1-4-14-10(3)13-15-8-12(16-13)11-7-5-6-9(11)2/h8-11,14H,4-7H2,1-3H3. The predicted molar refractivity (Wildman–Crippen MR) is 64.4 cm³/mol. The Morgan fingerprint density at radius 1 is 1.56 bits per heavy atom. The van der Waals surface area contributed by atoms with Crippen molar-refractivity contribution < 1.29 is 4.42 Å². The summed E-state index contributed by atoms with van der Waals surface area (Å²) in [6, 6.07) is 0.218. The summed E-state index contributed by atoms with van der Waals surface area (Å²) in [4.78, 5) is 4.38. The van der Waals surface area contributed by atoms with Crippen LogP contribution >= 0.6 is 0 Å². The van der Waals surface area contributed by atoms with Crippen molar-refractivity contribution in [3.05, 3.63) is 17.8 Å². The van der Waals surface area contributed by atoms with Crippen molar-refractivity contribution in [2.24, 2.45) is 5.92 Å². The molecule has 0 bridgehead atoms. The maximum atomic E-state index is 5.88. The molecule has 1 N–H and O–H groups in total. The molecule has 1 saturated carbocycles. The van der Waals surface area contributed by atoms with Crippen molar-refractivity contribution in [2.75, 3.05) is 6.54 Å². The summed E-state index contributed by atoms with van der Waals surface area (Å²) in [7, 11) is 0. The van der Waals surface area contributed by atoms with E-state index in [0.717, 1.165) is 24.1 Å². The highest BCUT2D eigenvalue weighted by molar-refractivity contribution is 5.07. The van der Waals surface area contributed by atoms with Crippen LogP contribution in [0.25, 0.3) is 0 Å². The minimum absolute atomic E-state index is 0.218. The lowest BCUT2D eigenvalue weighted by Gasteiger charge is -2.12. The van der Waals surface area contributed by atoms with E-state index in [1.165, 1.54) is 19.3 Å². The van der Waals surface area contributed by atoms with E-state index in [1.54, 1.807) is 0 Å². The molecule has 0 radical (unpaired) electrons. The van der Waals surface area contributed by atoms with Gasteiger partial charge in [-0.2, -0.15) is 0 Å². The van der Waals surface area contributed by atoms with Gasteiger partial charge in [0.25, 0.3) is 0 Å². The molecule has 0 aliphatic heterocycles. The molecule has 90 valence electrons. The molecule has 2 rings (SSSR count). The summed E-state index contributed by atoms with van der Waals surface area (Å²) in [5.41, 5.74) is 0. The molecule has 0 aromatic carbocycles. The largest absolute Gasteiger partial charge is 0.444 e. The van der Waals surface area contributed by atoms with Gasteiger partial charge in [-0.1, -0.05) is 20.3 Å². The Kier molecular flexibility index (Phi) is 3.64. The van der Waals surface area contributed by atoms with Gasteiger partial charge in [-0.05, 0) is 32.2 Å². The molecule has 3 nitrogen and oxygen atoms in total. The van der Waals surface area contributed by atoms with Crippen molar-refractivity contribution in [1.82, 2.24) is 10.3 Å². The average molecular weight is 222 g/mol. The Bertz CT molecular complexity index is 334. The van der Waals surface area contributed by atoms with Gasteiger partial charge in [0.15, 0.2) is 0 Å². The van der Waals surface area contributed by atoms with E-state index in [4.69, 9.17) is 4.42 Å². The maximum Gasteiger partial charge on any atom is 0.211 e. The first-order valence-electron chi connectivity index (χ1n) is 6.41. The zero-order valence-corrected chi connectivity index (χ0v) is 10.5. The van der Waals surface area contributed by atoms with Crippen LogP contribution in [0.4, 0.5) is 0 Å².